The Morgan fingerprint density at radius 2 is 1.45 bits per heavy atom. The number of hydrogen-bond donors (Lipinski definition) is 1. The summed E-state index contributed by atoms with van der Waals surface area (Å²) in [4.78, 5) is 12.7. The summed E-state index contributed by atoms with van der Waals surface area (Å²) in [5.41, 5.74) is 3.66. The number of nitrogens with one attached hydrogen (secondary N) is 1. The molecular weight excluding hydrogens is 408 g/mol. The summed E-state index contributed by atoms with van der Waals surface area (Å²) in [5.74, 6) is 0.314. The molecule has 3 aromatic rings. The maximum atomic E-state index is 12.7. The molecule has 1 N–H and O–H groups in total. The van der Waals surface area contributed by atoms with Gasteiger partial charge in [0.15, 0.2) is 0 Å². The number of carbonyl (C=O) groups is 1. The van der Waals surface area contributed by atoms with E-state index in [1.165, 1.54) is 9.87 Å². The zero-order valence-electron chi connectivity index (χ0n) is 18.1. The lowest BCUT2D eigenvalue weighted by molar-refractivity contribution is 0.0951. The van der Waals surface area contributed by atoms with E-state index in [0.717, 1.165) is 11.1 Å². The van der Waals surface area contributed by atoms with Gasteiger partial charge in [0, 0.05) is 25.7 Å². The first-order valence-electron chi connectivity index (χ1n) is 10.2. The predicted octanol–water partition coefficient (Wildman–Crippen LogP) is 4.56. The molecule has 0 aliphatic carbocycles. The molecule has 31 heavy (non-hydrogen) atoms. The van der Waals surface area contributed by atoms with E-state index in [1.54, 1.807) is 61.6 Å². The maximum absolute atomic E-state index is 12.7. The highest BCUT2D eigenvalue weighted by molar-refractivity contribution is 7.89. The lowest BCUT2D eigenvalue weighted by Crippen LogP contribution is -2.26. The number of hydrogen-bond acceptors (Lipinski definition) is 3. The molecular formula is C25H28N2O3S. The number of amides is 1. The SMILES string of the molecule is CC(C)c1ccc(CNC(=O)c2ccc(CN(C)S(=O)(=O)c3ccccc3)cc2)cc1. The molecule has 0 aliphatic rings. The molecule has 5 nitrogen and oxygen atoms in total. The van der Waals surface area contributed by atoms with E-state index in [9.17, 15) is 13.2 Å². The standard InChI is InChI=1S/C25H28N2O3S/c1-19(2)22-13-9-20(10-14-22)17-26-25(28)23-15-11-21(12-16-23)18-27(3)31(29,30)24-7-5-4-6-8-24/h4-16,19H,17-18H2,1-3H3,(H,26,28). The van der Waals surface area contributed by atoms with Gasteiger partial charge in [-0.2, -0.15) is 4.31 Å². The monoisotopic (exact) mass is 436 g/mol. The Labute approximate surface area is 184 Å². The van der Waals surface area contributed by atoms with Gasteiger partial charge in [-0.25, -0.2) is 8.42 Å². The Bertz CT molecular complexity index is 1110. The van der Waals surface area contributed by atoms with E-state index in [1.807, 2.05) is 12.1 Å². The summed E-state index contributed by atoms with van der Waals surface area (Å²) in [6, 6.07) is 23.6. The molecule has 1 amide bonds. The predicted molar refractivity (Wildman–Crippen MR) is 123 cm³/mol. The van der Waals surface area contributed by atoms with Crippen LogP contribution in [0.1, 0.15) is 46.8 Å². The van der Waals surface area contributed by atoms with Gasteiger partial charge in [-0.05, 0) is 46.9 Å². The van der Waals surface area contributed by atoms with Crippen LogP contribution in [0.5, 0.6) is 0 Å². The molecule has 0 saturated heterocycles. The average Bonchev–Trinajstić information content (AvgIpc) is 2.78. The summed E-state index contributed by atoms with van der Waals surface area (Å²) in [5, 5.41) is 2.92. The molecule has 0 radical (unpaired) electrons. The van der Waals surface area contributed by atoms with Gasteiger partial charge >= 0.3 is 0 Å². The van der Waals surface area contributed by atoms with Gasteiger partial charge in [-0.3, -0.25) is 4.79 Å². The highest BCUT2D eigenvalue weighted by Gasteiger charge is 2.20. The molecule has 0 fully saturated rings. The zero-order chi connectivity index (χ0) is 22.4. The van der Waals surface area contributed by atoms with Crippen LogP contribution in [-0.4, -0.2) is 25.7 Å². The molecule has 162 valence electrons. The fourth-order valence-electron chi connectivity index (χ4n) is 3.18. The lowest BCUT2D eigenvalue weighted by Gasteiger charge is -2.17. The number of benzene rings is 3. The summed E-state index contributed by atoms with van der Waals surface area (Å²) in [6.45, 7) is 4.98. The molecule has 3 rings (SSSR count). The summed E-state index contributed by atoms with van der Waals surface area (Å²) in [7, 11) is -2.01. The van der Waals surface area contributed by atoms with E-state index in [-0.39, 0.29) is 17.3 Å². The third-order valence-electron chi connectivity index (χ3n) is 5.17. The van der Waals surface area contributed by atoms with Crippen molar-refractivity contribution >= 4 is 15.9 Å². The van der Waals surface area contributed by atoms with Gasteiger partial charge < -0.3 is 5.32 Å². The van der Waals surface area contributed by atoms with Crippen molar-refractivity contribution in [3.05, 3.63) is 101 Å². The smallest absolute Gasteiger partial charge is 0.251 e. The minimum Gasteiger partial charge on any atom is -0.348 e. The lowest BCUT2D eigenvalue weighted by atomic mass is 10.0. The van der Waals surface area contributed by atoms with Crippen LogP contribution >= 0.6 is 0 Å². The van der Waals surface area contributed by atoms with Crippen molar-refractivity contribution in [3.63, 3.8) is 0 Å². The Morgan fingerprint density at radius 3 is 2.03 bits per heavy atom. The van der Waals surface area contributed by atoms with Crippen LogP contribution in [0.2, 0.25) is 0 Å². The molecule has 0 spiro atoms. The van der Waals surface area contributed by atoms with E-state index >= 15 is 0 Å². The van der Waals surface area contributed by atoms with Gasteiger partial charge in [0.2, 0.25) is 10.0 Å². The van der Waals surface area contributed by atoms with Crippen molar-refractivity contribution in [1.29, 1.82) is 0 Å². The first kappa shape index (κ1) is 22.7. The second-order valence-corrected chi connectivity index (χ2v) is 9.89. The Morgan fingerprint density at radius 1 is 0.871 bits per heavy atom. The van der Waals surface area contributed by atoms with Crippen molar-refractivity contribution in [1.82, 2.24) is 9.62 Å². The van der Waals surface area contributed by atoms with Gasteiger partial charge in [-0.1, -0.05) is 68.4 Å². The maximum Gasteiger partial charge on any atom is 0.251 e. The van der Waals surface area contributed by atoms with Crippen molar-refractivity contribution in [2.75, 3.05) is 7.05 Å². The molecule has 0 bridgehead atoms. The third kappa shape index (κ3) is 5.81. The van der Waals surface area contributed by atoms with Gasteiger partial charge in [-0.15, -0.1) is 0 Å². The Balaban J connectivity index is 1.58. The van der Waals surface area contributed by atoms with Crippen LogP contribution < -0.4 is 5.32 Å². The minimum absolute atomic E-state index is 0.162. The first-order valence-corrected chi connectivity index (χ1v) is 11.7. The van der Waals surface area contributed by atoms with Crippen LogP contribution in [0.4, 0.5) is 0 Å². The highest BCUT2D eigenvalue weighted by atomic mass is 32.2. The number of rotatable bonds is 8. The van der Waals surface area contributed by atoms with E-state index in [0.29, 0.717) is 18.0 Å². The molecule has 6 heteroatoms. The second kappa shape index (κ2) is 9.90. The third-order valence-corrected chi connectivity index (χ3v) is 6.99. The van der Waals surface area contributed by atoms with Crippen LogP contribution in [0.3, 0.4) is 0 Å². The Kier molecular flexibility index (Phi) is 7.25. The largest absolute Gasteiger partial charge is 0.348 e. The molecule has 3 aromatic carbocycles. The van der Waals surface area contributed by atoms with Crippen molar-refractivity contribution in [3.8, 4) is 0 Å². The molecule has 0 saturated carbocycles. The van der Waals surface area contributed by atoms with E-state index in [4.69, 9.17) is 0 Å². The Hall–Kier alpha value is -2.96. The molecule has 0 aromatic heterocycles. The molecule has 0 aliphatic heterocycles. The number of nitrogens with zero attached hydrogens (tertiary/aromatic N) is 1. The van der Waals surface area contributed by atoms with Gasteiger partial charge in [0.25, 0.3) is 5.91 Å². The number of carbonyl (C=O) groups excluding carboxylic acids is 1. The zero-order valence-corrected chi connectivity index (χ0v) is 18.9. The first-order chi connectivity index (χ1) is 14.8. The normalized spacial score (nSPS) is 11.6. The van der Waals surface area contributed by atoms with Crippen LogP contribution in [0.15, 0.2) is 83.8 Å². The van der Waals surface area contributed by atoms with Crippen molar-refractivity contribution < 1.29 is 13.2 Å². The van der Waals surface area contributed by atoms with Crippen LogP contribution in [0.25, 0.3) is 0 Å². The fraction of sp³-hybridized carbons (Fsp3) is 0.240. The quantitative estimate of drug-likeness (QED) is 0.563. The van der Waals surface area contributed by atoms with E-state index in [2.05, 4.69) is 31.3 Å². The van der Waals surface area contributed by atoms with E-state index < -0.39 is 10.0 Å². The summed E-state index contributed by atoms with van der Waals surface area (Å²) in [6.07, 6.45) is 0. The molecule has 0 atom stereocenters. The van der Waals surface area contributed by atoms with Gasteiger partial charge in [0.1, 0.15) is 0 Å². The molecule has 0 unspecified atom stereocenters. The van der Waals surface area contributed by atoms with Gasteiger partial charge in [0.05, 0.1) is 4.90 Å². The fourth-order valence-corrected chi connectivity index (χ4v) is 4.36. The second-order valence-electron chi connectivity index (χ2n) is 7.85. The summed E-state index contributed by atoms with van der Waals surface area (Å²) >= 11 is 0. The topological polar surface area (TPSA) is 66.5 Å². The highest BCUT2D eigenvalue weighted by Crippen LogP contribution is 2.17. The average molecular weight is 437 g/mol. The van der Waals surface area contributed by atoms with Crippen molar-refractivity contribution in [2.45, 2.75) is 37.8 Å². The van der Waals surface area contributed by atoms with Crippen molar-refractivity contribution in [2.24, 2.45) is 0 Å². The summed E-state index contributed by atoms with van der Waals surface area (Å²) < 4.78 is 26.6. The molecule has 0 heterocycles. The van der Waals surface area contributed by atoms with Crippen LogP contribution in [0, 0.1) is 0 Å². The minimum atomic E-state index is -3.56. The van der Waals surface area contributed by atoms with Crippen LogP contribution in [-0.2, 0) is 23.1 Å². The number of sulfonamides is 1.